The molecule has 3 heterocycles. The highest BCUT2D eigenvalue weighted by atomic mass is 19.4. The Morgan fingerprint density at radius 3 is 2.34 bits per heavy atom. The molecule has 1 unspecified atom stereocenters. The van der Waals surface area contributed by atoms with Crippen molar-refractivity contribution in [3.05, 3.63) is 58.7 Å². The van der Waals surface area contributed by atoms with Crippen LogP contribution in [0.15, 0.2) is 36.4 Å². The average molecular weight is 671 g/mol. The van der Waals surface area contributed by atoms with Crippen molar-refractivity contribution in [1.29, 1.82) is 0 Å². The summed E-state index contributed by atoms with van der Waals surface area (Å²) >= 11 is 0. The fourth-order valence-electron chi connectivity index (χ4n) is 6.62. The zero-order valence-corrected chi connectivity index (χ0v) is 26.3. The number of amides is 4. The molecule has 3 atom stereocenters. The first-order chi connectivity index (χ1) is 21.8. The number of carbonyl (C=O) groups excluding carboxylic acids is 3. The molecular formula is C32H36F6N4O5. The standard InChI is InChI=1S/C32H36F6N4O5/c1-5-6-20-13-23(30(46,31(33,34)35)32(36,37)38)7-9-24(20)40-15-19(3)41(16-18(40)2)26(43)17-42-27(44)29(4,39-28(42)45)22-8-10-25-21(14-22)11-12-47-25/h7-10,13-14,18-19,46H,5-6,11-12,15-17H2,1-4H3,(H,39,45)/t18?,19-,29+/m0/s1. The number of halogens is 6. The van der Waals surface area contributed by atoms with Crippen LogP contribution in [0.2, 0.25) is 0 Å². The summed E-state index contributed by atoms with van der Waals surface area (Å²) in [5.41, 5.74) is -5.72. The average Bonchev–Trinajstić information content (AvgIpc) is 3.55. The summed E-state index contributed by atoms with van der Waals surface area (Å²) in [5.74, 6) is -0.370. The molecule has 15 heteroatoms. The van der Waals surface area contributed by atoms with E-state index >= 15 is 0 Å². The van der Waals surface area contributed by atoms with Crippen LogP contribution in [-0.2, 0) is 33.6 Å². The Bertz CT molecular complexity index is 1570. The van der Waals surface area contributed by atoms with E-state index in [1.807, 2.05) is 0 Å². The first-order valence-electron chi connectivity index (χ1n) is 15.3. The van der Waals surface area contributed by atoms with Gasteiger partial charge in [-0.3, -0.25) is 14.5 Å². The second-order valence-corrected chi connectivity index (χ2v) is 12.6. The molecule has 2 fully saturated rings. The molecule has 4 amide bonds. The van der Waals surface area contributed by atoms with Gasteiger partial charge in [-0.2, -0.15) is 26.3 Å². The lowest BCUT2D eigenvalue weighted by atomic mass is 9.89. The van der Waals surface area contributed by atoms with Crippen molar-refractivity contribution in [3.63, 3.8) is 0 Å². The number of alkyl halides is 6. The number of fused-ring (bicyclic) bond motifs is 1. The summed E-state index contributed by atoms with van der Waals surface area (Å²) < 4.78 is 87.1. The smallest absolute Gasteiger partial charge is 0.430 e. The number of nitrogens with one attached hydrogen (secondary N) is 1. The van der Waals surface area contributed by atoms with Crippen molar-refractivity contribution in [2.45, 2.75) is 82.5 Å². The van der Waals surface area contributed by atoms with Crippen molar-refractivity contribution in [3.8, 4) is 5.75 Å². The highest BCUT2D eigenvalue weighted by molar-refractivity contribution is 6.09. The maximum atomic E-state index is 13.6. The van der Waals surface area contributed by atoms with Crippen LogP contribution in [0.1, 0.15) is 56.4 Å². The highest BCUT2D eigenvalue weighted by Gasteiger charge is 2.71. The number of imide groups is 1. The number of benzene rings is 2. The van der Waals surface area contributed by atoms with E-state index in [9.17, 15) is 45.8 Å². The quantitative estimate of drug-likeness (QED) is 0.325. The van der Waals surface area contributed by atoms with Crippen LogP contribution in [0.5, 0.6) is 5.75 Å². The van der Waals surface area contributed by atoms with Crippen molar-refractivity contribution >= 4 is 23.5 Å². The SMILES string of the molecule is CCCc1cc(C(O)(C(F)(F)F)C(F)(F)F)ccc1N1C[C@H](C)N(C(=O)CN2C(=O)N[C@](C)(c3ccc4c(c3)CCO4)C2=O)CC1C. The third-order valence-electron chi connectivity index (χ3n) is 9.29. The molecule has 256 valence electrons. The molecule has 9 nitrogen and oxygen atoms in total. The van der Waals surface area contributed by atoms with E-state index in [1.165, 1.54) is 4.90 Å². The molecular weight excluding hydrogens is 634 g/mol. The molecule has 0 aliphatic carbocycles. The van der Waals surface area contributed by atoms with Gasteiger partial charge in [0.05, 0.1) is 6.61 Å². The molecule has 2 aromatic carbocycles. The number of nitrogens with zero attached hydrogens (tertiary/aromatic N) is 3. The summed E-state index contributed by atoms with van der Waals surface area (Å²) in [6, 6.07) is 6.10. The van der Waals surface area contributed by atoms with Crippen molar-refractivity contribution < 1.29 is 50.6 Å². The van der Waals surface area contributed by atoms with E-state index in [4.69, 9.17) is 4.74 Å². The van der Waals surface area contributed by atoms with Crippen LogP contribution in [0.4, 0.5) is 36.8 Å². The second-order valence-electron chi connectivity index (χ2n) is 12.6. The molecule has 0 bridgehead atoms. The maximum Gasteiger partial charge on any atom is 0.430 e. The topological polar surface area (TPSA) is 102 Å². The Labute approximate surface area is 267 Å². The van der Waals surface area contributed by atoms with Gasteiger partial charge in [-0.15, -0.1) is 0 Å². The predicted octanol–water partition coefficient (Wildman–Crippen LogP) is 4.78. The monoisotopic (exact) mass is 670 g/mol. The van der Waals surface area contributed by atoms with Gasteiger partial charge in [0.1, 0.15) is 17.8 Å². The van der Waals surface area contributed by atoms with E-state index in [-0.39, 0.29) is 25.1 Å². The number of aryl methyl sites for hydroxylation is 1. The van der Waals surface area contributed by atoms with Gasteiger partial charge >= 0.3 is 18.4 Å². The van der Waals surface area contributed by atoms with Crippen LogP contribution < -0.4 is 15.0 Å². The van der Waals surface area contributed by atoms with Crippen LogP contribution in [0, 0.1) is 0 Å². The van der Waals surface area contributed by atoms with Gasteiger partial charge in [0, 0.05) is 42.8 Å². The number of carbonyl (C=O) groups is 3. The number of piperazine rings is 1. The number of hydrogen-bond donors (Lipinski definition) is 2. The summed E-state index contributed by atoms with van der Waals surface area (Å²) in [7, 11) is 0. The fraction of sp³-hybridized carbons (Fsp3) is 0.531. The van der Waals surface area contributed by atoms with Gasteiger partial charge in [-0.1, -0.05) is 31.5 Å². The fourth-order valence-corrected chi connectivity index (χ4v) is 6.62. The van der Waals surface area contributed by atoms with Crippen molar-refractivity contribution in [2.75, 3.05) is 31.1 Å². The molecule has 3 aliphatic heterocycles. The number of ether oxygens (including phenoxy) is 1. The lowest BCUT2D eigenvalue weighted by Crippen LogP contribution is -2.60. The number of aliphatic hydroxyl groups is 1. The lowest BCUT2D eigenvalue weighted by Gasteiger charge is -2.46. The molecule has 0 saturated carbocycles. The molecule has 0 radical (unpaired) electrons. The third kappa shape index (κ3) is 5.76. The summed E-state index contributed by atoms with van der Waals surface area (Å²) in [5, 5.41) is 12.7. The Morgan fingerprint density at radius 2 is 1.70 bits per heavy atom. The number of hydrogen-bond acceptors (Lipinski definition) is 6. The van der Waals surface area contributed by atoms with Crippen molar-refractivity contribution in [2.24, 2.45) is 0 Å². The molecule has 2 aromatic rings. The van der Waals surface area contributed by atoms with E-state index in [2.05, 4.69) is 5.32 Å². The van der Waals surface area contributed by atoms with E-state index < -0.39 is 65.5 Å². The van der Waals surface area contributed by atoms with Crippen LogP contribution in [0.25, 0.3) is 0 Å². The van der Waals surface area contributed by atoms with E-state index in [0.29, 0.717) is 42.5 Å². The molecule has 2 N–H and O–H groups in total. The number of anilines is 1. The first-order valence-corrected chi connectivity index (χ1v) is 15.3. The minimum Gasteiger partial charge on any atom is -0.493 e. The minimum atomic E-state index is -6.01. The Morgan fingerprint density at radius 1 is 1.02 bits per heavy atom. The molecule has 2 saturated heterocycles. The third-order valence-corrected chi connectivity index (χ3v) is 9.29. The molecule has 0 spiro atoms. The highest BCUT2D eigenvalue weighted by Crippen LogP contribution is 2.50. The van der Waals surface area contributed by atoms with Gasteiger partial charge in [0.2, 0.25) is 5.91 Å². The van der Waals surface area contributed by atoms with E-state index in [0.717, 1.165) is 22.6 Å². The normalized spacial score (nSPS) is 23.6. The van der Waals surface area contributed by atoms with Crippen molar-refractivity contribution in [1.82, 2.24) is 15.1 Å². The van der Waals surface area contributed by atoms with Crippen LogP contribution in [-0.4, -0.2) is 83.4 Å². The Kier molecular flexibility index (Phi) is 8.69. The Hall–Kier alpha value is -4.01. The molecule has 5 rings (SSSR count). The second kappa shape index (κ2) is 11.9. The van der Waals surface area contributed by atoms with Crippen LogP contribution in [0.3, 0.4) is 0 Å². The van der Waals surface area contributed by atoms with Gasteiger partial charge in [0.15, 0.2) is 0 Å². The molecule has 3 aliphatic rings. The first kappa shape index (κ1) is 34.3. The van der Waals surface area contributed by atoms with E-state index in [1.54, 1.807) is 50.8 Å². The number of urea groups is 1. The number of rotatable bonds is 7. The summed E-state index contributed by atoms with van der Waals surface area (Å²) in [6.07, 6.45) is -10.8. The van der Waals surface area contributed by atoms with Gasteiger partial charge < -0.3 is 25.0 Å². The minimum absolute atomic E-state index is 0.105. The predicted molar refractivity (Wildman–Crippen MR) is 158 cm³/mol. The Balaban J connectivity index is 1.33. The van der Waals surface area contributed by atoms with Crippen LogP contribution >= 0.6 is 0 Å². The maximum absolute atomic E-state index is 13.6. The van der Waals surface area contributed by atoms with Gasteiger partial charge in [0.25, 0.3) is 11.5 Å². The molecule has 0 aromatic heterocycles. The zero-order chi connectivity index (χ0) is 34.7. The summed E-state index contributed by atoms with van der Waals surface area (Å²) in [4.78, 5) is 44.2. The molecule has 47 heavy (non-hydrogen) atoms. The lowest BCUT2D eigenvalue weighted by molar-refractivity contribution is -0.376. The van der Waals surface area contributed by atoms with Gasteiger partial charge in [-0.25, -0.2) is 4.79 Å². The largest absolute Gasteiger partial charge is 0.493 e. The summed E-state index contributed by atoms with van der Waals surface area (Å²) in [6.45, 7) is 7.04. The van der Waals surface area contributed by atoms with Gasteiger partial charge in [-0.05, 0) is 62.1 Å². The zero-order valence-electron chi connectivity index (χ0n) is 26.3.